The maximum atomic E-state index is 10.4. The molecule has 1 N–H and O–H groups in total. The van der Waals surface area contributed by atoms with Crippen LogP contribution in [0.4, 0.5) is 0 Å². The molecule has 0 spiro atoms. The minimum atomic E-state index is -0.672. The summed E-state index contributed by atoms with van der Waals surface area (Å²) >= 11 is 0. The summed E-state index contributed by atoms with van der Waals surface area (Å²) in [5, 5.41) is 8.58. The fraction of sp³-hybridized carbons (Fsp3) is 0.917. The van der Waals surface area contributed by atoms with E-state index in [0.29, 0.717) is 12.3 Å². The minimum absolute atomic E-state index is 0.316. The van der Waals surface area contributed by atoms with Gasteiger partial charge in [-0.1, -0.05) is 47.0 Å². The molecule has 2 atom stereocenters. The molecule has 14 heavy (non-hydrogen) atoms. The molecule has 0 fully saturated rings. The van der Waals surface area contributed by atoms with Gasteiger partial charge >= 0.3 is 5.97 Å². The molecule has 0 saturated heterocycles. The standard InChI is InChI=1S/C12H24O2/c1-9(2)11(4)7-5-6-10(3)8-12(13)14/h9-11H,5-8H2,1-4H3,(H,13,14). The van der Waals surface area contributed by atoms with Gasteiger partial charge < -0.3 is 5.11 Å². The zero-order valence-corrected chi connectivity index (χ0v) is 9.92. The van der Waals surface area contributed by atoms with Crippen LogP contribution >= 0.6 is 0 Å². The van der Waals surface area contributed by atoms with Crippen molar-refractivity contribution < 1.29 is 9.90 Å². The summed E-state index contributed by atoms with van der Waals surface area (Å²) in [6.07, 6.45) is 3.74. The van der Waals surface area contributed by atoms with E-state index < -0.39 is 5.97 Å². The lowest BCUT2D eigenvalue weighted by molar-refractivity contribution is -0.138. The highest BCUT2D eigenvalue weighted by atomic mass is 16.4. The van der Waals surface area contributed by atoms with E-state index in [1.165, 1.54) is 6.42 Å². The molecule has 0 amide bonds. The lowest BCUT2D eigenvalue weighted by Gasteiger charge is -2.16. The van der Waals surface area contributed by atoms with E-state index in [0.717, 1.165) is 24.7 Å². The lowest BCUT2D eigenvalue weighted by Crippen LogP contribution is -2.07. The lowest BCUT2D eigenvalue weighted by atomic mass is 9.90. The average Bonchev–Trinajstić information content (AvgIpc) is 2.02. The van der Waals surface area contributed by atoms with Gasteiger partial charge in [0, 0.05) is 6.42 Å². The van der Waals surface area contributed by atoms with E-state index in [1.807, 2.05) is 6.92 Å². The van der Waals surface area contributed by atoms with Gasteiger partial charge in [0.05, 0.1) is 0 Å². The Kier molecular flexibility index (Phi) is 6.60. The highest BCUT2D eigenvalue weighted by Crippen LogP contribution is 2.20. The number of aliphatic carboxylic acids is 1. The number of carboxylic acid groups (broad SMARTS) is 1. The minimum Gasteiger partial charge on any atom is -0.481 e. The first-order valence-corrected chi connectivity index (χ1v) is 5.65. The van der Waals surface area contributed by atoms with Gasteiger partial charge in [-0.05, 0) is 17.8 Å². The largest absolute Gasteiger partial charge is 0.481 e. The van der Waals surface area contributed by atoms with Crippen molar-refractivity contribution in [2.75, 3.05) is 0 Å². The van der Waals surface area contributed by atoms with Crippen molar-refractivity contribution in [3.63, 3.8) is 0 Å². The highest BCUT2D eigenvalue weighted by molar-refractivity contribution is 5.66. The number of hydrogen-bond acceptors (Lipinski definition) is 1. The van der Waals surface area contributed by atoms with Crippen LogP contribution in [0, 0.1) is 17.8 Å². The van der Waals surface area contributed by atoms with Crippen LogP contribution < -0.4 is 0 Å². The monoisotopic (exact) mass is 200 g/mol. The zero-order valence-electron chi connectivity index (χ0n) is 9.92. The Hall–Kier alpha value is -0.530. The third kappa shape index (κ3) is 6.93. The van der Waals surface area contributed by atoms with Gasteiger partial charge in [0.15, 0.2) is 0 Å². The molecule has 0 saturated carbocycles. The normalized spacial score (nSPS) is 15.5. The first-order chi connectivity index (χ1) is 6.43. The van der Waals surface area contributed by atoms with Crippen molar-refractivity contribution in [2.45, 2.75) is 53.4 Å². The van der Waals surface area contributed by atoms with Crippen LogP contribution in [0.1, 0.15) is 53.4 Å². The van der Waals surface area contributed by atoms with Crippen molar-refractivity contribution in [1.29, 1.82) is 0 Å². The molecule has 0 heterocycles. The van der Waals surface area contributed by atoms with Crippen molar-refractivity contribution in [3.8, 4) is 0 Å². The predicted molar refractivity (Wildman–Crippen MR) is 59.3 cm³/mol. The second-order valence-electron chi connectivity index (χ2n) is 4.86. The molecule has 0 aliphatic carbocycles. The predicted octanol–water partition coefficient (Wildman–Crippen LogP) is 3.56. The van der Waals surface area contributed by atoms with Crippen molar-refractivity contribution >= 4 is 5.97 Å². The summed E-state index contributed by atoms with van der Waals surface area (Å²) in [5.41, 5.74) is 0. The summed E-state index contributed by atoms with van der Waals surface area (Å²) in [7, 11) is 0. The van der Waals surface area contributed by atoms with Crippen LogP contribution in [-0.2, 0) is 4.79 Å². The van der Waals surface area contributed by atoms with Crippen LogP contribution in [0.15, 0.2) is 0 Å². The smallest absolute Gasteiger partial charge is 0.303 e. The van der Waals surface area contributed by atoms with Crippen molar-refractivity contribution in [3.05, 3.63) is 0 Å². The molecule has 0 aromatic carbocycles. The van der Waals surface area contributed by atoms with Crippen LogP contribution in [0.5, 0.6) is 0 Å². The molecule has 0 bridgehead atoms. The first kappa shape index (κ1) is 13.5. The number of carboxylic acids is 1. The van der Waals surface area contributed by atoms with Gasteiger partial charge in [-0.25, -0.2) is 0 Å². The molecular formula is C12H24O2. The fourth-order valence-electron chi connectivity index (χ4n) is 1.52. The third-order valence-electron chi connectivity index (χ3n) is 3.02. The van der Waals surface area contributed by atoms with Gasteiger partial charge in [-0.3, -0.25) is 4.79 Å². The van der Waals surface area contributed by atoms with E-state index in [9.17, 15) is 4.79 Å². The molecule has 0 rings (SSSR count). The number of hydrogen-bond donors (Lipinski definition) is 1. The Labute approximate surface area is 87.7 Å². The van der Waals surface area contributed by atoms with Crippen LogP contribution in [0.25, 0.3) is 0 Å². The Balaban J connectivity index is 3.48. The summed E-state index contributed by atoms with van der Waals surface area (Å²) in [5.74, 6) is 1.15. The third-order valence-corrected chi connectivity index (χ3v) is 3.02. The van der Waals surface area contributed by atoms with Gasteiger partial charge in [-0.2, -0.15) is 0 Å². The summed E-state index contributed by atoms with van der Waals surface area (Å²) < 4.78 is 0. The SMILES string of the molecule is CC(CCCC(C)C(C)C)CC(=O)O. The first-order valence-electron chi connectivity index (χ1n) is 5.65. The van der Waals surface area contributed by atoms with Gasteiger partial charge in [0.25, 0.3) is 0 Å². The second kappa shape index (κ2) is 6.86. The van der Waals surface area contributed by atoms with Crippen molar-refractivity contribution in [2.24, 2.45) is 17.8 Å². The number of rotatable bonds is 7. The summed E-state index contributed by atoms with van der Waals surface area (Å²) in [4.78, 5) is 10.4. The summed E-state index contributed by atoms with van der Waals surface area (Å²) in [6, 6.07) is 0. The Morgan fingerprint density at radius 2 is 1.71 bits per heavy atom. The molecule has 0 aliphatic heterocycles. The Morgan fingerprint density at radius 1 is 1.14 bits per heavy atom. The van der Waals surface area contributed by atoms with Crippen LogP contribution in [0.2, 0.25) is 0 Å². The van der Waals surface area contributed by atoms with Gasteiger partial charge in [0.1, 0.15) is 0 Å². The molecule has 0 aliphatic rings. The van der Waals surface area contributed by atoms with E-state index in [4.69, 9.17) is 5.11 Å². The highest BCUT2D eigenvalue weighted by Gasteiger charge is 2.10. The molecule has 0 radical (unpaired) electrons. The Bertz CT molecular complexity index is 164. The van der Waals surface area contributed by atoms with Crippen molar-refractivity contribution in [1.82, 2.24) is 0 Å². The summed E-state index contributed by atoms with van der Waals surface area (Å²) in [6.45, 7) is 8.78. The van der Waals surface area contributed by atoms with Gasteiger partial charge in [0.2, 0.25) is 0 Å². The Morgan fingerprint density at radius 3 is 2.14 bits per heavy atom. The maximum absolute atomic E-state index is 10.4. The quantitative estimate of drug-likeness (QED) is 0.682. The van der Waals surface area contributed by atoms with E-state index in [1.54, 1.807) is 0 Å². The fourth-order valence-corrected chi connectivity index (χ4v) is 1.52. The molecule has 84 valence electrons. The van der Waals surface area contributed by atoms with Crippen LogP contribution in [0.3, 0.4) is 0 Å². The van der Waals surface area contributed by atoms with E-state index in [2.05, 4.69) is 20.8 Å². The molecule has 0 aromatic heterocycles. The zero-order chi connectivity index (χ0) is 11.1. The average molecular weight is 200 g/mol. The maximum Gasteiger partial charge on any atom is 0.303 e. The second-order valence-corrected chi connectivity index (χ2v) is 4.86. The van der Waals surface area contributed by atoms with Gasteiger partial charge in [-0.15, -0.1) is 0 Å². The molecule has 2 nitrogen and oxygen atoms in total. The molecule has 2 heteroatoms. The molecule has 0 aromatic rings. The van der Waals surface area contributed by atoms with E-state index in [-0.39, 0.29) is 0 Å². The molecule has 2 unspecified atom stereocenters. The number of carbonyl (C=O) groups is 1. The molecular weight excluding hydrogens is 176 g/mol. The van der Waals surface area contributed by atoms with Crippen LogP contribution in [-0.4, -0.2) is 11.1 Å². The van der Waals surface area contributed by atoms with E-state index >= 15 is 0 Å². The topological polar surface area (TPSA) is 37.3 Å².